The van der Waals surface area contributed by atoms with Crippen molar-refractivity contribution in [2.75, 3.05) is 19.0 Å². The summed E-state index contributed by atoms with van der Waals surface area (Å²) in [6, 6.07) is 8.57. The van der Waals surface area contributed by atoms with Crippen LogP contribution in [0.1, 0.15) is 38.7 Å². The van der Waals surface area contributed by atoms with Crippen molar-refractivity contribution in [3.8, 4) is 0 Å². The van der Waals surface area contributed by atoms with E-state index in [0.29, 0.717) is 5.92 Å². The van der Waals surface area contributed by atoms with Crippen LogP contribution >= 0.6 is 0 Å². The third kappa shape index (κ3) is 4.01. The number of rotatable bonds is 5. The molecule has 0 heterocycles. The molecule has 0 unspecified atom stereocenters. The Hall–Kier alpha value is -2.09. The average Bonchev–Trinajstić information content (AvgIpc) is 2.53. The highest BCUT2D eigenvalue weighted by atomic mass is 16.1. The van der Waals surface area contributed by atoms with Gasteiger partial charge in [0.2, 0.25) is 0 Å². The van der Waals surface area contributed by atoms with Crippen LogP contribution in [0, 0.1) is 5.92 Å². The highest BCUT2D eigenvalue weighted by molar-refractivity contribution is 5.78. The van der Waals surface area contributed by atoms with E-state index in [1.807, 2.05) is 20.2 Å². The molecule has 23 heavy (non-hydrogen) atoms. The minimum atomic E-state index is 0.143. The number of allylic oxidation sites excluding steroid dienone is 6. The van der Waals surface area contributed by atoms with Gasteiger partial charge in [-0.1, -0.05) is 41.5 Å². The Morgan fingerprint density at radius 2 is 1.78 bits per heavy atom. The van der Waals surface area contributed by atoms with Gasteiger partial charge in [0, 0.05) is 25.7 Å². The molecule has 0 aliphatic heterocycles. The summed E-state index contributed by atoms with van der Waals surface area (Å²) in [6.07, 6.45) is 8.33. The standard InChI is InChI=1S/C21H27NO/c1-15(2)6-13-20-16(3)7-8-18(14-23)21(20)17-9-11-19(12-10-17)22(4)5/h6-12,14,20-21H,13H2,1-5H3/t20-,21-/m0/s1. The van der Waals surface area contributed by atoms with Gasteiger partial charge in [0.05, 0.1) is 0 Å². The van der Waals surface area contributed by atoms with Crippen LogP contribution in [-0.4, -0.2) is 20.4 Å². The van der Waals surface area contributed by atoms with Gasteiger partial charge in [-0.2, -0.15) is 0 Å². The molecule has 2 heteroatoms. The maximum Gasteiger partial charge on any atom is 0.146 e. The van der Waals surface area contributed by atoms with E-state index >= 15 is 0 Å². The lowest BCUT2D eigenvalue weighted by Gasteiger charge is -2.31. The van der Waals surface area contributed by atoms with Gasteiger partial charge in [0.1, 0.15) is 6.29 Å². The average molecular weight is 309 g/mol. The second-order valence-electron chi connectivity index (χ2n) is 6.78. The molecule has 1 aliphatic rings. The van der Waals surface area contributed by atoms with Crippen LogP contribution in [0.15, 0.2) is 59.2 Å². The molecule has 1 aromatic rings. The molecule has 1 aliphatic carbocycles. The summed E-state index contributed by atoms with van der Waals surface area (Å²) in [5, 5.41) is 0. The van der Waals surface area contributed by atoms with Crippen LogP contribution in [-0.2, 0) is 4.79 Å². The van der Waals surface area contributed by atoms with Gasteiger partial charge in [0.25, 0.3) is 0 Å². The van der Waals surface area contributed by atoms with Crippen LogP contribution in [0.25, 0.3) is 0 Å². The summed E-state index contributed by atoms with van der Waals surface area (Å²) in [7, 11) is 4.08. The van der Waals surface area contributed by atoms with Crippen molar-refractivity contribution in [3.05, 3.63) is 64.8 Å². The van der Waals surface area contributed by atoms with Gasteiger partial charge < -0.3 is 4.90 Å². The molecular weight excluding hydrogens is 282 g/mol. The number of carbonyl (C=O) groups excluding carboxylic acids is 1. The first kappa shape index (κ1) is 17.3. The Bertz CT molecular complexity index is 643. The van der Waals surface area contributed by atoms with Crippen molar-refractivity contribution in [2.24, 2.45) is 5.92 Å². The number of anilines is 1. The Morgan fingerprint density at radius 3 is 2.30 bits per heavy atom. The summed E-state index contributed by atoms with van der Waals surface area (Å²) in [6.45, 7) is 6.42. The molecule has 2 atom stereocenters. The summed E-state index contributed by atoms with van der Waals surface area (Å²) >= 11 is 0. The van der Waals surface area contributed by atoms with E-state index in [0.717, 1.165) is 18.3 Å². The van der Waals surface area contributed by atoms with Gasteiger partial charge in [-0.05, 0) is 56.4 Å². The summed E-state index contributed by atoms with van der Waals surface area (Å²) in [5.74, 6) is 0.490. The molecule has 0 amide bonds. The van der Waals surface area contributed by atoms with Crippen molar-refractivity contribution in [3.63, 3.8) is 0 Å². The molecule has 2 rings (SSSR count). The summed E-state index contributed by atoms with van der Waals surface area (Å²) in [4.78, 5) is 13.7. The predicted molar refractivity (Wildman–Crippen MR) is 99.0 cm³/mol. The van der Waals surface area contributed by atoms with Crippen molar-refractivity contribution in [2.45, 2.75) is 33.1 Å². The van der Waals surface area contributed by atoms with Gasteiger partial charge in [-0.15, -0.1) is 0 Å². The van der Waals surface area contributed by atoms with E-state index in [1.54, 1.807) is 0 Å². The fourth-order valence-electron chi connectivity index (χ4n) is 3.15. The topological polar surface area (TPSA) is 20.3 Å². The lowest BCUT2D eigenvalue weighted by molar-refractivity contribution is -0.105. The lowest BCUT2D eigenvalue weighted by atomic mass is 9.72. The first-order valence-corrected chi connectivity index (χ1v) is 8.18. The quantitative estimate of drug-likeness (QED) is 0.570. The zero-order chi connectivity index (χ0) is 17.0. The van der Waals surface area contributed by atoms with Gasteiger partial charge in [-0.3, -0.25) is 4.79 Å². The zero-order valence-electron chi connectivity index (χ0n) is 14.8. The largest absolute Gasteiger partial charge is 0.378 e. The minimum Gasteiger partial charge on any atom is -0.378 e. The van der Waals surface area contributed by atoms with Gasteiger partial charge >= 0.3 is 0 Å². The fraction of sp³-hybridized carbons (Fsp3) is 0.381. The van der Waals surface area contributed by atoms with Crippen LogP contribution in [0.2, 0.25) is 0 Å². The SMILES string of the molecule is CC(C)=CC[C@H]1C(C)=CC=C(C=O)[C@@H]1c1ccc(N(C)C)cc1. The Balaban J connectivity index is 2.40. The Labute approximate surface area is 140 Å². The number of hydrogen-bond acceptors (Lipinski definition) is 2. The Kier molecular flexibility index (Phi) is 5.59. The molecule has 0 bridgehead atoms. The maximum atomic E-state index is 11.6. The normalized spacial score (nSPS) is 20.4. The number of nitrogens with zero attached hydrogens (tertiary/aromatic N) is 1. The first-order chi connectivity index (χ1) is 10.9. The molecule has 2 nitrogen and oxygen atoms in total. The summed E-state index contributed by atoms with van der Waals surface area (Å²) in [5.41, 5.74) is 5.93. The molecule has 0 spiro atoms. The molecule has 0 fully saturated rings. The number of carbonyl (C=O) groups is 1. The smallest absolute Gasteiger partial charge is 0.146 e. The number of hydrogen-bond donors (Lipinski definition) is 0. The second kappa shape index (κ2) is 7.45. The monoisotopic (exact) mass is 309 g/mol. The second-order valence-corrected chi connectivity index (χ2v) is 6.78. The molecule has 122 valence electrons. The van der Waals surface area contributed by atoms with Crippen LogP contribution in [0.3, 0.4) is 0 Å². The van der Waals surface area contributed by atoms with E-state index in [2.05, 4.69) is 62.1 Å². The van der Waals surface area contributed by atoms with Gasteiger partial charge in [0.15, 0.2) is 0 Å². The molecule has 0 N–H and O–H groups in total. The number of aldehydes is 1. The third-order valence-electron chi connectivity index (χ3n) is 4.57. The third-order valence-corrected chi connectivity index (χ3v) is 4.57. The summed E-state index contributed by atoms with van der Waals surface area (Å²) < 4.78 is 0. The van der Waals surface area contributed by atoms with E-state index in [1.165, 1.54) is 22.4 Å². The molecule has 0 saturated carbocycles. The molecule has 0 aromatic heterocycles. The van der Waals surface area contributed by atoms with Crippen molar-refractivity contribution >= 4 is 12.0 Å². The fourth-order valence-corrected chi connectivity index (χ4v) is 3.15. The van der Waals surface area contributed by atoms with Crippen molar-refractivity contribution < 1.29 is 4.79 Å². The highest BCUT2D eigenvalue weighted by Crippen LogP contribution is 2.41. The van der Waals surface area contributed by atoms with E-state index < -0.39 is 0 Å². The molecule has 0 radical (unpaired) electrons. The first-order valence-electron chi connectivity index (χ1n) is 8.18. The molecular formula is C21H27NO. The van der Waals surface area contributed by atoms with Crippen molar-refractivity contribution in [1.29, 1.82) is 0 Å². The van der Waals surface area contributed by atoms with E-state index in [-0.39, 0.29) is 5.92 Å². The van der Waals surface area contributed by atoms with Gasteiger partial charge in [-0.25, -0.2) is 0 Å². The maximum absolute atomic E-state index is 11.6. The Morgan fingerprint density at radius 1 is 1.13 bits per heavy atom. The highest BCUT2D eigenvalue weighted by Gasteiger charge is 2.29. The minimum absolute atomic E-state index is 0.143. The zero-order valence-corrected chi connectivity index (χ0v) is 14.8. The predicted octanol–water partition coefficient (Wildman–Crippen LogP) is 4.89. The van der Waals surface area contributed by atoms with Crippen LogP contribution in [0.5, 0.6) is 0 Å². The molecule has 1 aromatic carbocycles. The van der Waals surface area contributed by atoms with Crippen LogP contribution in [0.4, 0.5) is 5.69 Å². The van der Waals surface area contributed by atoms with Crippen LogP contribution < -0.4 is 4.90 Å². The molecule has 0 saturated heterocycles. The lowest BCUT2D eigenvalue weighted by Crippen LogP contribution is -2.20. The van der Waals surface area contributed by atoms with Crippen molar-refractivity contribution in [1.82, 2.24) is 0 Å². The number of benzene rings is 1. The van der Waals surface area contributed by atoms with E-state index in [9.17, 15) is 4.79 Å². The van der Waals surface area contributed by atoms with E-state index in [4.69, 9.17) is 0 Å².